The molecule has 2 aromatic rings. The molecule has 0 radical (unpaired) electrons. The topological polar surface area (TPSA) is 61.4 Å². The second-order valence-electron chi connectivity index (χ2n) is 7.78. The molecule has 0 unspecified atom stereocenters. The third-order valence-corrected chi connectivity index (χ3v) is 6.66. The third kappa shape index (κ3) is 5.40. The Morgan fingerprint density at radius 3 is 2.71 bits per heavy atom. The van der Waals surface area contributed by atoms with E-state index in [9.17, 15) is 22.8 Å². The van der Waals surface area contributed by atoms with Crippen molar-refractivity contribution in [1.29, 1.82) is 0 Å². The Morgan fingerprint density at radius 2 is 1.97 bits per heavy atom. The number of thioether (sulfide) groups is 1. The molecule has 0 bridgehead atoms. The van der Waals surface area contributed by atoms with Gasteiger partial charge in [0.15, 0.2) is 0 Å². The maximum absolute atomic E-state index is 12.9. The van der Waals surface area contributed by atoms with E-state index in [2.05, 4.69) is 27.7 Å². The summed E-state index contributed by atoms with van der Waals surface area (Å²) in [5.41, 5.74) is 0.538. The number of hydrogen-bond donors (Lipinski definition) is 2. The van der Waals surface area contributed by atoms with Gasteiger partial charge in [0.1, 0.15) is 0 Å². The standard InChI is InChI=1S/C22H22F3N3O2S/c23-22(24,25)15-6-7-18-17(10-15)27-21(30)19(31-18)11-20(29)26-16-8-9-28(13-16)12-14-4-2-1-3-5-14/h1-7,10,16,19H,8-9,11-13H2,(H,26,29)(H,27,30)/t16-,19+/m0/s1. The number of amides is 2. The molecule has 5 nitrogen and oxygen atoms in total. The van der Waals surface area contributed by atoms with E-state index in [1.807, 2.05) is 18.2 Å². The molecule has 2 amide bonds. The summed E-state index contributed by atoms with van der Waals surface area (Å²) in [4.78, 5) is 27.7. The van der Waals surface area contributed by atoms with Crippen LogP contribution in [0.15, 0.2) is 53.4 Å². The molecular formula is C22H22F3N3O2S. The van der Waals surface area contributed by atoms with Gasteiger partial charge in [0, 0.05) is 37.0 Å². The predicted octanol–water partition coefficient (Wildman–Crippen LogP) is 3.90. The molecule has 2 heterocycles. The Morgan fingerprint density at radius 1 is 1.19 bits per heavy atom. The molecule has 1 saturated heterocycles. The first-order chi connectivity index (χ1) is 14.8. The lowest BCUT2D eigenvalue weighted by Crippen LogP contribution is -2.40. The fourth-order valence-corrected chi connectivity index (χ4v) is 4.94. The minimum absolute atomic E-state index is 0.0217. The van der Waals surface area contributed by atoms with E-state index in [4.69, 9.17) is 0 Å². The first-order valence-corrected chi connectivity index (χ1v) is 10.9. The normalized spacial score (nSPS) is 21.5. The maximum atomic E-state index is 12.9. The lowest BCUT2D eigenvalue weighted by Gasteiger charge is -2.25. The minimum Gasteiger partial charge on any atom is -0.352 e. The average molecular weight is 449 g/mol. The molecule has 1 fully saturated rings. The molecular weight excluding hydrogens is 427 g/mol. The number of nitrogens with one attached hydrogen (secondary N) is 2. The summed E-state index contributed by atoms with van der Waals surface area (Å²) in [6.45, 7) is 2.45. The van der Waals surface area contributed by atoms with E-state index in [1.54, 1.807) is 0 Å². The molecule has 2 aliphatic heterocycles. The zero-order valence-electron chi connectivity index (χ0n) is 16.6. The zero-order chi connectivity index (χ0) is 22.0. The number of carbonyl (C=O) groups excluding carboxylic acids is 2. The van der Waals surface area contributed by atoms with Gasteiger partial charge in [-0.15, -0.1) is 11.8 Å². The highest BCUT2D eigenvalue weighted by Gasteiger charge is 2.34. The van der Waals surface area contributed by atoms with Crippen molar-refractivity contribution in [2.45, 2.75) is 41.7 Å². The Balaban J connectivity index is 1.30. The Kier molecular flexibility index (Phi) is 6.24. The van der Waals surface area contributed by atoms with Crippen LogP contribution in [0, 0.1) is 0 Å². The number of nitrogens with zero attached hydrogens (tertiary/aromatic N) is 1. The summed E-state index contributed by atoms with van der Waals surface area (Å²) >= 11 is 1.12. The third-order valence-electron chi connectivity index (χ3n) is 5.38. The number of alkyl halides is 3. The molecule has 2 aliphatic rings. The molecule has 0 spiro atoms. The molecule has 2 N–H and O–H groups in total. The maximum Gasteiger partial charge on any atom is 0.416 e. The quantitative estimate of drug-likeness (QED) is 0.727. The van der Waals surface area contributed by atoms with Crippen LogP contribution in [-0.2, 0) is 22.3 Å². The number of carbonyl (C=O) groups is 2. The molecule has 0 saturated carbocycles. The van der Waals surface area contributed by atoms with Crippen LogP contribution in [0.3, 0.4) is 0 Å². The van der Waals surface area contributed by atoms with E-state index in [1.165, 1.54) is 11.6 Å². The van der Waals surface area contributed by atoms with Crippen LogP contribution in [0.1, 0.15) is 24.0 Å². The van der Waals surface area contributed by atoms with Crippen molar-refractivity contribution in [3.63, 3.8) is 0 Å². The SMILES string of the molecule is O=C(C[C@H]1Sc2ccc(C(F)(F)F)cc2NC1=O)N[C@H]1CCN(Cc2ccccc2)C1. The lowest BCUT2D eigenvalue weighted by molar-refractivity contribution is -0.137. The highest BCUT2D eigenvalue weighted by Crippen LogP contribution is 2.40. The largest absolute Gasteiger partial charge is 0.416 e. The van der Waals surface area contributed by atoms with E-state index in [0.29, 0.717) is 4.90 Å². The van der Waals surface area contributed by atoms with Crippen LogP contribution < -0.4 is 10.6 Å². The number of benzene rings is 2. The van der Waals surface area contributed by atoms with Crippen molar-refractivity contribution in [3.05, 3.63) is 59.7 Å². The van der Waals surface area contributed by atoms with Crippen LogP contribution in [0.5, 0.6) is 0 Å². The van der Waals surface area contributed by atoms with Crippen LogP contribution >= 0.6 is 11.8 Å². The first kappa shape index (κ1) is 21.7. The molecule has 0 aliphatic carbocycles. The summed E-state index contributed by atoms with van der Waals surface area (Å²) in [5, 5.41) is 4.83. The number of anilines is 1. The predicted molar refractivity (Wildman–Crippen MR) is 113 cm³/mol. The van der Waals surface area contributed by atoms with Crippen LogP contribution in [-0.4, -0.2) is 41.1 Å². The van der Waals surface area contributed by atoms with Crippen molar-refractivity contribution in [2.75, 3.05) is 18.4 Å². The second-order valence-corrected chi connectivity index (χ2v) is 9.03. The van der Waals surface area contributed by atoms with Gasteiger partial charge in [0.05, 0.1) is 16.5 Å². The van der Waals surface area contributed by atoms with Gasteiger partial charge in [0.2, 0.25) is 11.8 Å². The molecule has 9 heteroatoms. The smallest absolute Gasteiger partial charge is 0.352 e. The number of likely N-dealkylation sites (tertiary alicyclic amines) is 1. The van der Waals surface area contributed by atoms with Gasteiger partial charge in [-0.1, -0.05) is 30.3 Å². The van der Waals surface area contributed by atoms with Crippen LogP contribution in [0.25, 0.3) is 0 Å². The molecule has 0 aromatic heterocycles. The average Bonchev–Trinajstić information content (AvgIpc) is 3.14. The zero-order valence-corrected chi connectivity index (χ0v) is 17.4. The lowest BCUT2D eigenvalue weighted by atomic mass is 10.1. The summed E-state index contributed by atoms with van der Waals surface area (Å²) in [6.07, 6.45) is -3.66. The van der Waals surface area contributed by atoms with Crippen molar-refractivity contribution < 1.29 is 22.8 Å². The highest BCUT2D eigenvalue weighted by molar-refractivity contribution is 8.01. The summed E-state index contributed by atoms with van der Waals surface area (Å²) in [5.74, 6) is -0.682. The number of fused-ring (bicyclic) bond motifs is 1. The van der Waals surface area contributed by atoms with Gasteiger partial charge in [0.25, 0.3) is 0 Å². The number of rotatable bonds is 5. The van der Waals surface area contributed by atoms with Gasteiger partial charge in [-0.3, -0.25) is 14.5 Å². The minimum atomic E-state index is -4.48. The molecule has 4 rings (SSSR count). The summed E-state index contributed by atoms with van der Waals surface area (Å²) in [6, 6.07) is 13.4. The van der Waals surface area contributed by atoms with Gasteiger partial charge >= 0.3 is 6.18 Å². The van der Waals surface area contributed by atoms with E-state index >= 15 is 0 Å². The molecule has 164 valence electrons. The Bertz CT molecular complexity index is 968. The number of hydrogen-bond acceptors (Lipinski definition) is 4. The van der Waals surface area contributed by atoms with E-state index in [-0.39, 0.29) is 24.1 Å². The fraction of sp³-hybridized carbons (Fsp3) is 0.364. The van der Waals surface area contributed by atoms with Gasteiger partial charge in [-0.05, 0) is 30.2 Å². The van der Waals surface area contributed by atoms with Gasteiger partial charge in [-0.25, -0.2) is 0 Å². The van der Waals surface area contributed by atoms with Crippen LogP contribution in [0.4, 0.5) is 18.9 Å². The highest BCUT2D eigenvalue weighted by atomic mass is 32.2. The monoisotopic (exact) mass is 449 g/mol. The summed E-state index contributed by atoms with van der Waals surface area (Å²) < 4.78 is 38.6. The fourth-order valence-electron chi connectivity index (χ4n) is 3.85. The molecule has 31 heavy (non-hydrogen) atoms. The Hall–Kier alpha value is -2.52. The number of halogens is 3. The van der Waals surface area contributed by atoms with Crippen molar-refractivity contribution in [2.24, 2.45) is 0 Å². The molecule has 2 aromatic carbocycles. The van der Waals surface area contributed by atoms with Gasteiger partial charge < -0.3 is 10.6 Å². The van der Waals surface area contributed by atoms with Gasteiger partial charge in [-0.2, -0.15) is 13.2 Å². The first-order valence-electron chi connectivity index (χ1n) is 10.0. The van der Waals surface area contributed by atoms with Crippen molar-refractivity contribution in [1.82, 2.24) is 10.2 Å². The van der Waals surface area contributed by atoms with Crippen molar-refractivity contribution >= 4 is 29.3 Å². The van der Waals surface area contributed by atoms with Crippen LogP contribution in [0.2, 0.25) is 0 Å². The summed E-state index contributed by atoms with van der Waals surface area (Å²) in [7, 11) is 0. The van der Waals surface area contributed by atoms with E-state index in [0.717, 1.165) is 49.9 Å². The molecule has 2 atom stereocenters. The Labute approximate surface area is 182 Å². The second kappa shape index (κ2) is 8.92. The van der Waals surface area contributed by atoms with E-state index < -0.39 is 22.9 Å². The van der Waals surface area contributed by atoms with Crippen molar-refractivity contribution in [3.8, 4) is 0 Å².